The molecular weight excluding hydrogens is 739 g/mol. The van der Waals surface area contributed by atoms with Crippen LogP contribution in [0.4, 0.5) is 26.7 Å². The van der Waals surface area contributed by atoms with Gasteiger partial charge >= 0.3 is 12.3 Å². The van der Waals surface area contributed by atoms with Crippen molar-refractivity contribution >= 4 is 29.6 Å². The lowest BCUT2D eigenvalue weighted by Gasteiger charge is -2.35. The van der Waals surface area contributed by atoms with Gasteiger partial charge < -0.3 is 15.4 Å². The molecule has 2 bridgehead atoms. The van der Waals surface area contributed by atoms with E-state index in [0.29, 0.717) is 6.42 Å². The fourth-order valence-electron chi connectivity index (χ4n) is 5.98. The monoisotopic (exact) mass is 774 g/mol. The third-order valence-electron chi connectivity index (χ3n) is 9.45. The van der Waals surface area contributed by atoms with Crippen molar-refractivity contribution in [3.05, 3.63) is 76.7 Å². The van der Waals surface area contributed by atoms with Crippen molar-refractivity contribution in [2.45, 2.75) is 83.0 Å². The minimum absolute atomic E-state index is 0.0764. The number of aliphatic imine (C=N–C) groups is 1. The molecule has 7 rings (SSSR count). The zero-order valence-corrected chi connectivity index (χ0v) is 30.1. The lowest BCUT2D eigenvalue weighted by molar-refractivity contribution is -0.164. The van der Waals surface area contributed by atoms with E-state index in [1.165, 1.54) is 30.3 Å². The second-order valence-electron chi connectivity index (χ2n) is 14.8. The third-order valence-corrected chi connectivity index (χ3v) is 9.77. The molecule has 54 heavy (non-hydrogen) atoms. The molecule has 1 aliphatic heterocycles. The van der Waals surface area contributed by atoms with Crippen molar-refractivity contribution in [1.82, 2.24) is 45.3 Å². The molecule has 2 fully saturated rings. The number of aromatic nitrogens is 6. The Balaban J connectivity index is 1.32. The van der Waals surface area contributed by atoms with Crippen molar-refractivity contribution < 1.29 is 36.3 Å². The summed E-state index contributed by atoms with van der Waals surface area (Å²) in [5.41, 5.74) is -2.16. The van der Waals surface area contributed by atoms with E-state index in [2.05, 4.69) is 30.7 Å². The van der Waals surface area contributed by atoms with Crippen molar-refractivity contribution in [3.8, 4) is 16.9 Å². The van der Waals surface area contributed by atoms with Crippen LogP contribution < -0.4 is 10.6 Å². The quantitative estimate of drug-likeness (QED) is 0.144. The summed E-state index contributed by atoms with van der Waals surface area (Å²) in [5, 5.41) is 16.9. The number of nitrogens with zero attached hydrogens (tertiary/aromatic N) is 8. The van der Waals surface area contributed by atoms with Gasteiger partial charge in [-0.2, -0.15) is 18.3 Å². The molecule has 2 aliphatic carbocycles. The number of fused-ring (bicyclic) bond motifs is 4. The molecular formula is C35H36ClF5N10O3. The molecule has 2 saturated carbocycles. The van der Waals surface area contributed by atoms with E-state index in [-0.39, 0.29) is 75.7 Å². The topological polar surface area (TPSA) is 144 Å². The van der Waals surface area contributed by atoms with Crippen LogP contribution in [0.3, 0.4) is 0 Å². The molecule has 1 unspecified atom stereocenters. The molecule has 2 N–H and O–H groups in total. The van der Waals surface area contributed by atoms with E-state index < -0.39 is 48.5 Å². The van der Waals surface area contributed by atoms with Crippen LogP contribution in [-0.2, 0) is 4.74 Å². The number of amides is 2. The molecule has 4 aromatic rings. The maximum absolute atomic E-state index is 16.3. The molecule has 13 nitrogen and oxygen atoms in total. The Labute approximate surface area is 310 Å². The average molecular weight is 775 g/mol. The lowest BCUT2D eigenvalue weighted by atomic mass is 9.92. The summed E-state index contributed by atoms with van der Waals surface area (Å²) in [6.07, 6.45) is -3.84. The number of benzene rings is 2. The maximum Gasteiger partial charge on any atom is 0.411 e. The van der Waals surface area contributed by atoms with E-state index in [1.54, 1.807) is 10.9 Å². The highest BCUT2D eigenvalue weighted by Crippen LogP contribution is 2.49. The first-order valence-electron chi connectivity index (χ1n) is 17.3. The van der Waals surface area contributed by atoms with Gasteiger partial charge in [0.2, 0.25) is 12.3 Å². The number of hydrogen-bond donors (Lipinski definition) is 2. The Kier molecular flexibility index (Phi) is 9.60. The molecule has 2 aromatic heterocycles. The van der Waals surface area contributed by atoms with Crippen LogP contribution in [0, 0.1) is 11.2 Å². The number of alkyl carbamates (subject to hydrolysis) is 1. The van der Waals surface area contributed by atoms with E-state index in [9.17, 15) is 22.8 Å². The van der Waals surface area contributed by atoms with Gasteiger partial charge in [-0.05, 0) is 73.4 Å². The molecule has 3 heterocycles. The minimum Gasteiger partial charge on any atom is -0.447 e. The van der Waals surface area contributed by atoms with Gasteiger partial charge in [-0.25, -0.2) is 27.9 Å². The first-order chi connectivity index (χ1) is 25.5. The third kappa shape index (κ3) is 7.61. The first kappa shape index (κ1) is 37.2. The summed E-state index contributed by atoms with van der Waals surface area (Å²) >= 11 is 6.53. The number of rotatable bonds is 8. The highest BCUT2D eigenvalue weighted by molar-refractivity contribution is 6.32. The van der Waals surface area contributed by atoms with E-state index in [0.717, 1.165) is 34.8 Å². The van der Waals surface area contributed by atoms with Gasteiger partial charge in [-0.3, -0.25) is 14.7 Å². The zero-order chi connectivity index (χ0) is 38.6. The Morgan fingerprint density at radius 3 is 2.56 bits per heavy atom. The normalized spacial score (nSPS) is 20.2. The van der Waals surface area contributed by atoms with Gasteiger partial charge in [0, 0.05) is 17.7 Å². The number of alkyl halides is 4. The number of nitrogens with one attached hydrogen (secondary N) is 2. The van der Waals surface area contributed by atoms with Crippen LogP contribution in [0.2, 0.25) is 5.02 Å². The SMILES string of the molecule is CC(C)(C)CCN=C1NC(F)c2ncnn2-c2cc(ccc2Cl)[C@@H](COC(=O)NC2(C(F)(F)F)CC2)N1C(=O)c1ccc(-c2cn(C3CC3)nn2)c(F)c1. The predicted octanol–water partition coefficient (Wildman–Crippen LogP) is 7.02. The Morgan fingerprint density at radius 2 is 1.89 bits per heavy atom. The molecule has 0 saturated heterocycles. The maximum atomic E-state index is 16.3. The summed E-state index contributed by atoms with van der Waals surface area (Å²) < 4.78 is 81.5. The Morgan fingerprint density at radius 1 is 1.13 bits per heavy atom. The number of ether oxygens (including phenoxy) is 1. The smallest absolute Gasteiger partial charge is 0.411 e. The van der Waals surface area contributed by atoms with Crippen molar-refractivity contribution in [3.63, 3.8) is 0 Å². The largest absolute Gasteiger partial charge is 0.447 e. The minimum atomic E-state index is -4.72. The Hall–Kier alpha value is -5.13. The van der Waals surface area contributed by atoms with Crippen LogP contribution in [0.1, 0.15) is 93.0 Å². The number of hydrogen-bond acceptors (Lipinski definition) is 8. The van der Waals surface area contributed by atoms with Crippen LogP contribution in [-0.4, -0.2) is 77.5 Å². The molecule has 286 valence electrons. The molecule has 2 aromatic carbocycles. The van der Waals surface area contributed by atoms with Crippen LogP contribution in [0.25, 0.3) is 16.9 Å². The fraction of sp³-hybridized carbons (Fsp3) is 0.457. The van der Waals surface area contributed by atoms with Crippen molar-refractivity contribution in [2.75, 3.05) is 13.2 Å². The molecule has 3 aliphatic rings. The fourth-order valence-corrected chi connectivity index (χ4v) is 6.18. The number of carbonyl (C=O) groups is 2. The highest BCUT2D eigenvalue weighted by atomic mass is 35.5. The van der Waals surface area contributed by atoms with E-state index in [1.807, 2.05) is 26.1 Å². The van der Waals surface area contributed by atoms with Crippen molar-refractivity contribution in [1.29, 1.82) is 0 Å². The van der Waals surface area contributed by atoms with Gasteiger partial charge in [-0.1, -0.05) is 43.7 Å². The van der Waals surface area contributed by atoms with Crippen LogP contribution >= 0.6 is 11.6 Å². The van der Waals surface area contributed by atoms with E-state index in [4.69, 9.17) is 16.3 Å². The highest BCUT2D eigenvalue weighted by Gasteiger charge is 2.64. The number of carbonyl (C=O) groups excluding carboxylic acids is 2. The van der Waals surface area contributed by atoms with Gasteiger partial charge in [-0.15, -0.1) is 5.10 Å². The first-order valence-corrected chi connectivity index (χ1v) is 17.6. The van der Waals surface area contributed by atoms with Gasteiger partial charge in [0.05, 0.1) is 29.0 Å². The predicted molar refractivity (Wildman–Crippen MR) is 185 cm³/mol. The Bertz CT molecular complexity index is 2100. The molecule has 19 heteroatoms. The molecule has 2 amide bonds. The summed E-state index contributed by atoms with van der Waals surface area (Å²) in [6, 6.07) is 6.93. The van der Waals surface area contributed by atoms with E-state index >= 15 is 8.78 Å². The standard InChI is InChI=1S/C35H36ClF5N10O3/c1-33(2,3)12-13-42-31-45-28(38)29-43-18-44-51(29)26-15-19(5-9-23(26)36)27(17-54-32(53)46-34(10-11-34)35(39,40)41)50(31)30(52)20-4-8-22(24(37)14-20)25-16-49(48-47-25)21-6-7-21/h4-5,8-9,14-16,18,21,27-28H,6-7,10-13,17H2,1-3H3,(H,42,45)(H,46,53)/t27-,28?/m1/s1. The van der Waals surface area contributed by atoms with Crippen LogP contribution in [0.15, 0.2) is 53.9 Å². The summed E-state index contributed by atoms with van der Waals surface area (Å²) in [6.45, 7) is 5.22. The van der Waals surface area contributed by atoms with Crippen molar-refractivity contribution in [2.24, 2.45) is 10.4 Å². The summed E-state index contributed by atoms with van der Waals surface area (Å²) in [5.74, 6) is -2.29. The zero-order valence-electron chi connectivity index (χ0n) is 29.4. The number of guanidine groups is 1. The summed E-state index contributed by atoms with van der Waals surface area (Å²) in [7, 11) is 0. The second-order valence-corrected chi connectivity index (χ2v) is 15.2. The van der Waals surface area contributed by atoms with Gasteiger partial charge in [0.25, 0.3) is 5.91 Å². The van der Waals surface area contributed by atoms with Crippen LogP contribution in [0.5, 0.6) is 0 Å². The molecule has 2 atom stereocenters. The molecule has 0 radical (unpaired) electrons. The summed E-state index contributed by atoms with van der Waals surface area (Å²) in [4.78, 5) is 37.3. The average Bonchev–Trinajstić information content (AvgIpc) is 4.00. The molecule has 0 spiro atoms. The van der Waals surface area contributed by atoms with Gasteiger partial charge in [0.1, 0.15) is 30.0 Å². The second kappa shape index (κ2) is 13.9. The van der Waals surface area contributed by atoms with Gasteiger partial charge in [0.15, 0.2) is 5.82 Å². The lowest BCUT2D eigenvalue weighted by Crippen LogP contribution is -2.51. The number of halogens is 6.